The molecule has 0 N–H and O–H groups in total. The second-order valence-electron chi connectivity index (χ2n) is 3.17. The zero-order valence-electron chi connectivity index (χ0n) is 7.66. The van der Waals surface area contributed by atoms with Crippen molar-refractivity contribution in [1.82, 2.24) is 0 Å². The van der Waals surface area contributed by atoms with Gasteiger partial charge in [-0.05, 0) is 35.1 Å². The number of cyclic esters (lactones) is 1. The molecule has 1 aromatic carbocycles. The number of esters is 1. The highest BCUT2D eigenvalue weighted by atomic mass is 127. The summed E-state index contributed by atoms with van der Waals surface area (Å²) in [5.74, 6) is -0.205. The van der Waals surface area contributed by atoms with Crippen molar-refractivity contribution in [2.75, 3.05) is 0 Å². The van der Waals surface area contributed by atoms with E-state index < -0.39 is 0 Å². The van der Waals surface area contributed by atoms with Crippen molar-refractivity contribution in [2.24, 2.45) is 0 Å². The first-order valence-corrected chi connectivity index (χ1v) is 5.40. The van der Waals surface area contributed by atoms with Gasteiger partial charge in [0.2, 0.25) is 0 Å². The van der Waals surface area contributed by atoms with Gasteiger partial charge in [-0.15, -0.1) is 0 Å². The number of carbonyl (C=O) groups excluding carboxylic acids is 1. The third kappa shape index (κ3) is 1.56. The molecule has 3 heteroatoms. The smallest absolute Gasteiger partial charge is 0.335 e. The Morgan fingerprint density at radius 2 is 1.93 bits per heavy atom. The van der Waals surface area contributed by atoms with Crippen molar-refractivity contribution >= 4 is 28.6 Å². The fraction of sp³-hybridized carbons (Fsp3) is 0.182. The van der Waals surface area contributed by atoms with Gasteiger partial charge >= 0.3 is 5.97 Å². The second-order valence-corrected chi connectivity index (χ2v) is 4.33. The second kappa shape index (κ2) is 3.73. The fourth-order valence-electron chi connectivity index (χ4n) is 1.38. The van der Waals surface area contributed by atoms with Crippen LogP contribution in [0.3, 0.4) is 0 Å². The number of ether oxygens (including phenoxy) is 1. The molecule has 0 saturated heterocycles. The van der Waals surface area contributed by atoms with E-state index in [0.29, 0.717) is 0 Å². The average molecular weight is 300 g/mol. The number of rotatable bonds is 1. The van der Waals surface area contributed by atoms with Crippen molar-refractivity contribution in [2.45, 2.75) is 13.0 Å². The molecule has 0 radical (unpaired) electrons. The first-order chi connectivity index (χ1) is 6.70. The van der Waals surface area contributed by atoms with Crippen LogP contribution in [0.2, 0.25) is 0 Å². The monoisotopic (exact) mass is 300 g/mol. The summed E-state index contributed by atoms with van der Waals surface area (Å²) in [5, 5.41) is 0. The summed E-state index contributed by atoms with van der Waals surface area (Å²) >= 11 is 2.17. The van der Waals surface area contributed by atoms with E-state index in [4.69, 9.17) is 4.74 Å². The quantitative estimate of drug-likeness (QED) is 0.589. The summed E-state index contributed by atoms with van der Waals surface area (Å²) in [4.78, 5) is 11.3. The largest absolute Gasteiger partial charge is 0.449 e. The normalized spacial score (nSPS) is 21.3. The van der Waals surface area contributed by atoms with Crippen LogP contribution in [0, 0.1) is 0 Å². The Bertz CT molecular complexity index is 395. The van der Waals surface area contributed by atoms with Crippen LogP contribution in [-0.4, -0.2) is 5.97 Å². The Morgan fingerprint density at radius 3 is 2.43 bits per heavy atom. The number of hydrogen-bond donors (Lipinski definition) is 0. The molecule has 1 heterocycles. The highest BCUT2D eigenvalue weighted by Gasteiger charge is 2.30. The summed E-state index contributed by atoms with van der Waals surface area (Å²) < 4.78 is 6.24. The summed E-state index contributed by atoms with van der Waals surface area (Å²) in [5.41, 5.74) is 1.75. The molecule has 0 saturated carbocycles. The van der Waals surface area contributed by atoms with Gasteiger partial charge in [-0.25, -0.2) is 4.79 Å². The van der Waals surface area contributed by atoms with Gasteiger partial charge in [0.25, 0.3) is 0 Å². The number of hydrogen-bond acceptors (Lipinski definition) is 2. The minimum absolute atomic E-state index is 0.190. The highest BCUT2D eigenvalue weighted by Crippen LogP contribution is 2.38. The van der Waals surface area contributed by atoms with E-state index in [1.807, 2.05) is 30.3 Å². The van der Waals surface area contributed by atoms with Crippen LogP contribution in [0.25, 0.3) is 0 Å². The lowest BCUT2D eigenvalue weighted by Crippen LogP contribution is -2.01. The van der Waals surface area contributed by atoms with E-state index >= 15 is 0 Å². The molecular formula is C11H9IO2. The molecule has 0 aliphatic carbocycles. The molecule has 0 bridgehead atoms. The van der Waals surface area contributed by atoms with Crippen LogP contribution in [0.5, 0.6) is 0 Å². The first-order valence-electron chi connectivity index (χ1n) is 4.32. The van der Waals surface area contributed by atoms with Gasteiger partial charge in [0.05, 0.1) is 0 Å². The average Bonchev–Trinajstić information content (AvgIpc) is 2.47. The van der Waals surface area contributed by atoms with Gasteiger partial charge in [-0.3, -0.25) is 0 Å². The van der Waals surface area contributed by atoms with Gasteiger partial charge in [-0.2, -0.15) is 0 Å². The van der Waals surface area contributed by atoms with Crippen molar-refractivity contribution in [3.8, 4) is 0 Å². The van der Waals surface area contributed by atoms with Gasteiger partial charge in [0.15, 0.2) is 6.10 Å². The molecule has 0 spiro atoms. The third-order valence-electron chi connectivity index (χ3n) is 2.22. The molecule has 0 fully saturated rings. The summed E-state index contributed by atoms with van der Waals surface area (Å²) in [6, 6.07) is 9.77. The fourth-order valence-corrected chi connectivity index (χ4v) is 2.09. The van der Waals surface area contributed by atoms with Gasteiger partial charge in [-0.1, -0.05) is 30.3 Å². The van der Waals surface area contributed by atoms with E-state index in [1.165, 1.54) is 0 Å². The SMILES string of the molecule is CC1=C(I)C(c2ccccc2)OC1=O. The topological polar surface area (TPSA) is 26.3 Å². The van der Waals surface area contributed by atoms with Gasteiger partial charge in [0.1, 0.15) is 0 Å². The lowest BCUT2D eigenvalue weighted by atomic mass is 10.1. The Balaban J connectivity index is 2.36. The maximum Gasteiger partial charge on any atom is 0.335 e. The zero-order chi connectivity index (χ0) is 10.1. The molecule has 1 aromatic rings. The molecule has 1 atom stereocenters. The van der Waals surface area contributed by atoms with Crippen LogP contribution in [0.15, 0.2) is 39.5 Å². The van der Waals surface area contributed by atoms with Crippen LogP contribution in [0.4, 0.5) is 0 Å². The van der Waals surface area contributed by atoms with Gasteiger partial charge in [0, 0.05) is 9.15 Å². The summed E-state index contributed by atoms with van der Waals surface area (Å²) in [7, 11) is 0. The molecule has 72 valence electrons. The maximum atomic E-state index is 11.3. The van der Waals surface area contributed by atoms with Crippen LogP contribution >= 0.6 is 22.6 Å². The van der Waals surface area contributed by atoms with Crippen LogP contribution < -0.4 is 0 Å². The van der Waals surface area contributed by atoms with Crippen molar-refractivity contribution in [1.29, 1.82) is 0 Å². The van der Waals surface area contributed by atoms with Crippen LogP contribution in [0.1, 0.15) is 18.6 Å². The Labute approximate surface area is 96.1 Å². The highest BCUT2D eigenvalue weighted by molar-refractivity contribution is 14.1. The van der Waals surface area contributed by atoms with Gasteiger partial charge < -0.3 is 4.74 Å². The van der Waals surface area contributed by atoms with Crippen molar-refractivity contribution in [3.05, 3.63) is 45.0 Å². The van der Waals surface area contributed by atoms with Crippen LogP contribution in [-0.2, 0) is 9.53 Å². The number of benzene rings is 1. The molecular weight excluding hydrogens is 291 g/mol. The standard InChI is InChI=1S/C11H9IO2/c1-7-9(12)10(14-11(7)13)8-5-3-2-4-6-8/h2-6,10H,1H3. The molecule has 1 aliphatic heterocycles. The van der Waals surface area contributed by atoms with E-state index in [2.05, 4.69) is 22.6 Å². The van der Waals surface area contributed by atoms with Crippen molar-refractivity contribution < 1.29 is 9.53 Å². The molecule has 0 amide bonds. The summed E-state index contributed by atoms with van der Waals surface area (Å²) in [6.07, 6.45) is -0.190. The predicted octanol–water partition coefficient (Wildman–Crippen LogP) is 2.99. The molecule has 2 nitrogen and oxygen atoms in total. The van der Waals surface area contributed by atoms with E-state index in [1.54, 1.807) is 6.92 Å². The zero-order valence-corrected chi connectivity index (χ0v) is 9.82. The summed E-state index contributed by atoms with van der Waals surface area (Å²) in [6.45, 7) is 1.80. The van der Waals surface area contributed by atoms with E-state index in [0.717, 1.165) is 14.7 Å². The number of carbonyl (C=O) groups is 1. The lowest BCUT2D eigenvalue weighted by molar-refractivity contribution is -0.139. The van der Waals surface area contributed by atoms with E-state index in [-0.39, 0.29) is 12.1 Å². The first kappa shape index (κ1) is 9.71. The third-order valence-corrected chi connectivity index (χ3v) is 3.60. The van der Waals surface area contributed by atoms with E-state index in [9.17, 15) is 4.79 Å². The Kier molecular flexibility index (Phi) is 2.58. The minimum Gasteiger partial charge on any atom is -0.449 e. The Hall–Kier alpha value is -0.840. The molecule has 1 aliphatic rings. The predicted molar refractivity (Wildman–Crippen MR) is 62.0 cm³/mol. The minimum atomic E-state index is -0.205. The molecule has 2 rings (SSSR count). The molecule has 14 heavy (non-hydrogen) atoms. The Morgan fingerprint density at radius 1 is 1.29 bits per heavy atom. The van der Waals surface area contributed by atoms with Crippen molar-refractivity contribution in [3.63, 3.8) is 0 Å². The molecule has 1 unspecified atom stereocenters. The number of halogens is 1. The molecule has 0 aromatic heterocycles. The maximum absolute atomic E-state index is 11.3. The lowest BCUT2D eigenvalue weighted by Gasteiger charge is -2.10.